The second-order valence-electron chi connectivity index (χ2n) is 7.26. The number of allylic oxidation sites excluding steroid dienone is 1. The minimum absolute atomic E-state index is 0.493. The van der Waals surface area contributed by atoms with Gasteiger partial charge in [-0.05, 0) is 47.9 Å². The molecule has 4 rings (SSSR count). The zero-order chi connectivity index (χ0) is 21.6. The fourth-order valence-corrected chi connectivity index (χ4v) is 3.90. The molecule has 1 aromatic heterocycles. The second kappa shape index (κ2) is 9.71. The number of halogens is 1. The summed E-state index contributed by atoms with van der Waals surface area (Å²) < 4.78 is 13.8. The van der Waals surface area contributed by atoms with Gasteiger partial charge in [-0.3, -0.25) is 0 Å². The number of fused-ring (bicyclic) bond motifs is 1. The molecule has 0 N–H and O–H groups in total. The van der Waals surface area contributed by atoms with Gasteiger partial charge in [0.05, 0.1) is 24.7 Å². The fourth-order valence-electron chi connectivity index (χ4n) is 3.69. The highest BCUT2D eigenvalue weighted by molar-refractivity contribution is 6.31. The summed E-state index contributed by atoms with van der Waals surface area (Å²) in [5.41, 5.74) is 4.25. The normalized spacial score (nSPS) is 10.9. The van der Waals surface area contributed by atoms with Crippen LogP contribution in [0.2, 0.25) is 5.02 Å². The number of aromatic nitrogens is 2. The van der Waals surface area contributed by atoms with Crippen LogP contribution in [0.25, 0.3) is 11.0 Å². The lowest BCUT2D eigenvalue weighted by molar-refractivity contribution is 0.280. The van der Waals surface area contributed by atoms with E-state index in [4.69, 9.17) is 26.1 Å². The lowest BCUT2D eigenvalue weighted by Crippen LogP contribution is -2.12. The molecule has 0 spiro atoms. The Morgan fingerprint density at radius 3 is 2.65 bits per heavy atom. The largest absolute Gasteiger partial charge is 0.493 e. The second-order valence-corrected chi connectivity index (χ2v) is 7.67. The minimum Gasteiger partial charge on any atom is -0.493 e. The van der Waals surface area contributed by atoms with Crippen LogP contribution in [0, 0.1) is 0 Å². The van der Waals surface area contributed by atoms with Crippen LogP contribution in [0.15, 0.2) is 79.4 Å². The van der Waals surface area contributed by atoms with Crippen molar-refractivity contribution >= 4 is 22.6 Å². The zero-order valence-corrected chi connectivity index (χ0v) is 18.3. The Balaban J connectivity index is 1.56. The monoisotopic (exact) mass is 432 g/mol. The molecule has 0 aliphatic rings. The Hall–Kier alpha value is -3.24. The number of methoxy groups -OCH3 is 1. The molecule has 3 aromatic carbocycles. The molecule has 0 atom stereocenters. The average Bonchev–Trinajstić information content (AvgIpc) is 3.13. The first-order chi connectivity index (χ1) is 15.2. The van der Waals surface area contributed by atoms with Crippen molar-refractivity contribution in [2.75, 3.05) is 13.7 Å². The first-order valence-electron chi connectivity index (χ1n) is 10.3. The molecule has 0 amide bonds. The molecule has 0 aliphatic heterocycles. The van der Waals surface area contributed by atoms with Gasteiger partial charge in [-0.2, -0.15) is 0 Å². The molecule has 4 aromatic rings. The topological polar surface area (TPSA) is 36.3 Å². The van der Waals surface area contributed by atoms with Crippen molar-refractivity contribution in [1.82, 2.24) is 9.55 Å². The fraction of sp³-hybridized carbons (Fsp3) is 0.192. The summed E-state index contributed by atoms with van der Waals surface area (Å²) in [5.74, 6) is 2.42. The molecule has 0 radical (unpaired) electrons. The van der Waals surface area contributed by atoms with Gasteiger partial charge in [-0.1, -0.05) is 54.1 Å². The molecular weight excluding hydrogens is 408 g/mol. The first kappa shape index (κ1) is 21.0. The lowest BCUT2D eigenvalue weighted by atomic mass is 10.1. The van der Waals surface area contributed by atoms with Crippen LogP contribution >= 0.6 is 11.6 Å². The third-order valence-corrected chi connectivity index (χ3v) is 5.59. The van der Waals surface area contributed by atoms with E-state index in [0.717, 1.165) is 50.9 Å². The highest BCUT2D eigenvalue weighted by Crippen LogP contribution is 2.29. The standard InChI is InChI=1S/C26H25ClN2O2/c1-3-8-19-13-14-24(25(17-19)30-2)31-16-15-29-23-12-7-6-11-22(23)28-26(29)18-20-9-4-5-10-21(20)27/h3-7,9-14,17H,1,8,15-16,18H2,2H3. The maximum atomic E-state index is 6.40. The van der Waals surface area contributed by atoms with Crippen molar-refractivity contribution in [3.8, 4) is 11.5 Å². The van der Waals surface area contributed by atoms with Crippen LogP contribution in [0.1, 0.15) is 17.0 Å². The number of hydrogen-bond donors (Lipinski definition) is 0. The Morgan fingerprint density at radius 2 is 1.84 bits per heavy atom. The van der Waals surface area contributed by atoms with Gasteiger partial charge in [0.2, 0.25) is 0 Å². The third kappa shape index (κ3) is 4.75. The number of para-hydroxylation sites is 2. The Bertz CT molecular complexity index is 1200. The molecule has 0 unspecified atom stereocenters. The van der Waals surface area contributed by atoms with E-state index in [1.54, 1.807) is 7.11 Å². The summed E-state index contributed by atoms with van der Waals surface area (Å²) in [6.07, 6.45) is 3.33. The number of ether oxygens (including phenoxy) is 2. The SMILES string of the molecule is C=CCc1ccc(OCCn2c(Cc3ccccc3Cl)nc3ccccc32)c(OC)c1. The highest BCUT2D eigenvalue weighted by atomic mass is 35.5. The summed E-state index contributed by atoms with van der Waals surface area (Å²) in [4.78, 5) is 4.86. The Labute approximate surface area is 187 Å². The van der Waals surface area contributed by atoms with E-state index in [1.807, 2.05) is 66.7 Å². The maximum Gasteiger partial charge on any atom is 0.161 e. The van der Waals surface area contributed by atoms with Gasteiger partial charge in [-0.25, -0.2) is 4.98 Å². The van der Waals surface area contributed by atoms with Crippen molar-refractivity contribution in [3.63, 3.8) is 0 Å². The van der Waals surface area contributed by atoms with Crippen LogP contribution in [-0.4, -0.2) is 23.3 Å². The molecule has 0 aliphatic carbocycles. The van der Waals surface area contributed by atoms with Gasteiger partial charge in [-0.15, -0.1) is 6.58 Å². The van der Waals surface area contributed by atoms with Crippen LogP contribution in [0.4, 0.5) is 0 Å². The summed E-state index contributed by atoms with van der Waals surface area (Å²) in [6.45, 7) is 4.95. The van der Waals surface area contributed by atoms with Gasteiger partial charge in [0.25, 0.3) is 0 Å². The van der Waals surface area contributed by atoms with Crippen LogP contribution in [0.5, 0.6) is 11.5 Å². The molecule has 0 saturated carbocycles. The van der Waals surface area contributed by atoms with Crippen molar-refractivity contribution in [2.45, 2.75) is 19.4 Å². The van der Waals surface area contributed by atoms with E-state index >= 15 is 0 Å². The van der Waals surface area contributed by atoms with Gasteiger partial charge in [0.15, 0.2) is 11.5 Å². The number of hydrogen-bond acceptors (Lipinski definition) is 3. The van der Waals surface area contributed by atoms with Crippen LogP contribution in [-0.2, 0) is 19.4 Å². The smallest absolute Gasteiger partial charge is 0.161 e. The minimum atomic E-state index is 0.493. The summed E-state index contributed by atoms with van der Waals surface area (Å²) in [6, 6.07) is 22.0. The molecule has 1 heterocycles. The van der Waals surface area contributed by atoms with E-state index in [2.05, 4.69) is 17.2 Å². The van der Waals surface area contributed by atoms with Crippen LogP contribution < -0.4 is 9.47 Å². The number of benzene rings is 3. The van der Waals surface area contributed by atoms with Crippen molar-refractivity contribution in [2.24, 2.45) is 0 Å². The third-order valence-electron chi connectivity index (χ3n) is 5.22. The molecule has 0 saturated heterocycles. The molecule has 31 heavy (non-hydrogen) atoms. The Morgan fingerprint density at radius 1 is 1.03 bits per heavy atom. The van der Waals surface area contributed by atoms with Crippen molar-refractivity contribution in [3.05, 3.63) is 101 Å². The summed E-state index contributed by atoms with van der Waals surface area (Å²) >= 11 is 6.40. The molecule has 158 valence electrons. The average molecular weight is 433 g/mol. The van der Waals surface area contributed by atoms with Crippen molar-refractivity contribution < 1.29 is 9.47 Å². The molecule has 5 heteroatoms. The van der Waals surface area contributed by atoms with E-state index < -0.39 is 0 Å². The molecular formula is C26H25ClN2O2. The Kier molecular flexibility index (Phi) is 6.58. The first-order valence-corrected chi connectivity index (χ1v) is 10.7. The molecule has 0 fully saturated rings. The van der Waals surface area contributed by atoms with Crippen LogP contribution in [0.3, 0.4) is 0 Å². The maximum absolute atomic E-state index is 6.40. The van der Waals surface area contributed by atoms with E-state index in [-0.39, 0.29) is 0 Å². The molecule has 4 nitrogen and oxygen atoms in total. The van der Waals surface area contributed by atoms with Gasteiger partial charge in [0.1, 0.15) is 12.4 Å². The zero-order valence-electron chi connectivity index (χ0n) is 17.6. The highest BCUT2D eigenvalue weighted by Gasteiger charge is 2.13. The number of rotatable bonds is 9. The summed E-state index contributed by atoms with van der Waals surface area (Å²) in [7, 11) is 1.66. The predicted molar refractivity (Wildman–Crippen MR) is 126 cm³/mol. The number of nitrogens with zero attached hydrogens (tertiary/aromatic N) is 2. The predicted octanol–water partition coefficient (Wildman–Crippen LogP) is 6.10. The van der Waals surface area contributed by atoms with E-state index in [1.165, 1.54) is 0 Å². The quantitative estimate of drug-likeness (QED) is 0.300. The van der Waals surface area contributed by atoms with Gasteiger partial charge >= 0.3 is 0 Å². The van der Waals surface area contributed by atoms with Crippen molar-refractivity contribution in [1.29, 1.82) is 0 Å². The summed E-state index contributed by atoms with van der Waals surface area (Å²) in [5, 5.41) is 0.752. The molecule has 0 bridgehead atoms. The van der Waals surface area contributed by atoms with Gasteiger partial charge < -0.3 is 14.0 Å². The lowest BCUT2D eigenvalue weighted by Gasteiger charge is -2.14. The van der Waals surface area contributed by atoms with E-state index in [0.29, 0.717) is 19.6 Å². The number of imidazole rings is 1. The van der Waals surface area contributed by atoms with Gasteiger partial charge in [0, 0.05) is 11.4 Å². The van der Waals surface area contributed by atoms with E-state index in [9.17, 15) is 0 Å².